The van der Waals surface area contributed by atoms with Crippen LogP contribution < -0.4 is 5.56 Å². The van der Waals surface area contributed by atoms with Crippen LogP contribution in [0.3, 0.4) is 0 Å². The zero-order valence-electron chi connectivity index (χ0n) is 12.0. The van der Waals surface area contributed by atoms with Gasteiger partial charge in [-0.15, -0.1) is 0 Å². The van der Waals surface area contributed by atoms with Gasteiger partial charge in [0, 0.05) is 0 Å². The van der Waals surface area contributed by atoms with Gasteiger partial charge in [0.1, 0.15) is 11.6 Å². The highest BCUT2D eigenvalue weighted by Gasteiger charge is 2.14. The highest BCUT2D eigenvalue weighted by molar-refractivity contribution is 5.77. The van der Waals surface area contributed by atoms with Crippen molar-refractivity contribution in [2.75, 3.05) is 0 Å². The molecule has 1 aromatic heterocycles. The normalized spacial score (nSPS) is 12.5. The van der Waals surface area contributed by atoms with E-state index in [0.717, 1.165) is 0 Å². The number of benzene rings is 2. The summed E-state index contributed by atoms with van der Waals surface area (Å²) in [5.74, 6) is 0.0939. The number of aryl methyl sites for hydroxylation is 1. The molecule has 112 valence electrons. The van der Waals surface area contributed by atoms with Crippen LogP contribution >= 0.6 is 0 Å². The molecule has 0 saturated heterocycles. The Bertz CT molecular complexity index is 889. The molecule has 0 aliphatic heterocycles. The second-order valence-corrected chi connectivity index (χ2v) is 5.16. The SMILES string of the molecule is Cc1nc2ccccc2c(=O)n1CC(O)c1cccc(F)c1. The minimum Gasteiger partial charge on any atom is -0.387 e. The molecule has 0 radical (unpaired) electrons. The van der Waals surface area contributed by atoms with Gasteiger partial charge in [0.15, 0.2) is 0 Å². The van der Waals surface area contributed by atoms with Crippen molar-refractivity contribution >= 4 is 10.9 Å². The minimum atomic E-state index is -0.977. The largest absolute Gasteiger partial charge is 0.387 e. The number of para-hydroxylation sites is 1. The monoisotopic (exact) mass is 298 g/mol. The molecule has 4 nitrogen and oxygen atoms in total. The highest BCUT2D eigenvalue weighted by atomic mass is 19.1. The first-order chi connectivity index (χ1) is 10.6. The molecule has 1 heterocycles. The number of hydrogen-bond acceptors (Lipinski definition) is 3. The maximum atomic E-state index is 13.2. The highest BCUT2D eigenvalue weighted by Crippen LogP contribution is 2.17. The second kappa shape index (κ2) is 5.69. The van der Waals surface area contributed by atoms with Crippen LogP contribution in [0.4, 0.5) is 4.39 Å². The first-order valence-electron chi connectivity index (χ1n) is 6.96. The van der Waals surface area contributed by atoms with Gasteiger partial charge in [-0.05, 0) is 36.8 Å². The summed E-state index contributed by atoms with van der Waals surface area (Å²) in [6.07, 6.45) is -0.977. The fourth-order valence-electron chi connectivity index (χ4n) is 2.49. The Labute approximate surface area is 126 Å². The van der Waals surface area contributed by atoms with E-state index in [1.807, 2.05) is 6.07 Å². The average Bonchev–Trinajstić information content (AvgIpc) is 2.51. The molecule has 1 atom stereocenters. The van der Waals surface area contributed by atoms with E-state index in [2.05, 4.69) is 4.98 Å². The van der Waals surface area contributed by atoms with Gasteiger partial charge in [-0.3, -0.25) is 9.36 Å². The molecule has 0 aliphatic carbocycles. The van der Waals surface area contributed by atoms with Crippen LogP contribution in [-0.4, -0.2) is 14.7 Å². The third-order valence-corrected chi connectivity index (χ3v) is 3.64. The zero-order chi connectivity index (χ0) is 15.7. The van der Waals surface area contributed by atoms with Crippen molar-refractivity contribution in [1.82, 2.24) is 9.55 Å². The minimum absolute atomic E-state index is 0.0337. The van der Waals surface area contributed by atoms with E-state index in [1.165, 1.54) is 22.8 Å². The van der Waals surface area contributed by atoms with Gasteiger partial charge in [-0.2, -0.15) is 0 Å². The predicted octanol–water partition coefficient (Wildman–Crippen LogP) is 2.58. The van der Waals surface area contributed by atoms with Crippen molar-refractivity contribution in [3.63, 3.8) is 0 Å². The van der Waals surface area contributed by atoms with E-state index < -0.39 is 11.9 Å². The molecular formula is C17H15FN2O2. The van der Waals surface area contributed by atoms with Crippen LogP contribution in [0.25, 0.3) is 10.9 Å². The van der Waals surface area contributed by atoms with Crippen molar-refractivity contribution in [1.29, 1.82) is 0 Å². The van der Waals surface area contributed by atoms with E-state index in [1.54, 1.807) is 31.2 Å². The quantitative estimate of drug-likeness (QED) is 0.808. The van der Waals surface area contributed by atoms with Crippen molar-refractivity contribution in [3.8, 4) is 0 Å². The van der Waals surface area contributed by atoms with Crippen LogP contribution in [0.1, 0.15) is 17.5 Å². The Morgan fingerprint density at radius 2 is 2.00 bits per heavy atom. The summed E-state index contributed by atoms with van der Waals surface area (Å²) >= 11 is 0. The van der Waals surface area contributed by atoms with Gasteiger partial charge in [-0.25, -0.2) is 9.37 Å². The van der Waals surface area contributed by atoms with Gasteiger partial charge < -0.3 is 5.11 Å². The van der Waals surface area contributed by atoms with Gasteiger partial charge >= 0.3 is 0 Å². The van der Waals surface area contributed by atoms with Crippen molar-refractivity contribution < 1.29 is 9.50 Å². The molecule has 0 fully saturated rings. The second-order valence-electron chi connectivity index (χ2n) is 5.16. The van der Waals surface area contributed by atoms with Crippen LogP contribution in [0.2, 0.25) is 0 Å². The Kier molecular flexibility index (Phi) is 3.73. The lowest BCUT2D eigenvalue weighted by atomic mass is 10.1. The molecule has 2 aromatic carbocycles. The number of halogens is 1. The van der Waals surface area contributed by atoms with E-state index >= 15 is 0 Å². The molecule has 0 bridgehead atoms. The molecule has 3 aromatic rings. The number of aromatic nitrogens is 2. The first kappa shape index (κ1) is 14.4. The molecular weight excluding hydrogens is 283 g/mol. The van der Waals surface area contributed by atoms with Crippen LogP contribution in [0, 0.1) is 12.7 Å². The number of fused-ring (bicyclic) bond motifs is 1. The van der Waals surface area contributed by atoms with Crippen molar-refractivity contribution in [3.05, 3.63) is 76.1 Å². The fourth-order valence-corrected chi connectivity index (χ4v) is 2.49. The number of aliphatic hydroxyl groups excluding tert-OH is 1. The lowest BCUT2D eigenvalue weighted by Gasteiger charge is -2.15. The molecule has 5 heteroatoms. The van der Waals surface area contributed by atoms with E-state index in [-0.39, 0.29) is 12.1 Å². The fraction of sp³-hybridized carbons (Fsp3) is 0.176. The molecule has 0 amide bonds. The number of hydrogen-bond donors (Lipinski definition) is 1. The summed E-state index contributed by atoms with van der Waals surface area (Å²) in [6.45, 7) is 1.75. The molecule has 3 rings (SSSR count). The van der Waals surface area contributed by atoms with E-state index in [0.29, 0.717) is 22.3 Å². The van der Waals surface area contributed by atoms with E-state index in [4.69, 9.17) is 0 Å². The van der Waals surface area contributed by atoms with E-state index in [9.17, 15) is 14.3 Å². The lowest BCUT2D eigenvalue weighted by Crippen LogP contribution is -2.26. The third kappa shape index (κ3) is 2.63. The maximum absolute atomic E-state index is 13.2. The van der Waals surface area contributed by atoms with Crippen molar-refractivity contribution in [2.24, 2.45) is 0 Å². The van der Waals surface area contributed by atoms with Crippen molar-refractivity contribution in [2.45, 2.75) is 19.6 Å². The van der Waals surface area contributed by atoms with Gasteiger partial charge in [0.25, 0.3) is 5.56 Å². The van der Waals surface area contributed by atoms with Crippen LogP contribution in [0.15, 0.2) is 53.3 Å². The topological polar surface area (TPSA) is 55.1 Å². The molecule has 0 spiro atoms. The lowest BCUT2D eigenvalue weighted by molar-refractivity contribution is 0.153. The Hall–Kier alpha value is -2.53. The summed E-state index contributed by atoms with van der Waals surface area (Å²) in [5, 5.41) is 10.8. The smallest absolute Gasteiger partial charge is 0.261 e. The molecule has 0 saturated carbocycles. The number of nitrogens with zero attached hydrogens (tertiary/aromatic N) is 2. The average molecular weight is 298 g/mol. The summed E-state index contributed by atoms with van der Waals surface area (Å²) in [5.41, 5.74) is 0.847. The summed E-state index contributed by atoms with van der Waals surface area (Å²) in [6, 6.07) is 12.8. The standard InChI is InChI=1S/C17H15FN2O2/c1-11-19-15-8-3-2-7-14(15)17(22)20(11)10-16(21)12-5-4-6-13(18)9-12/h2-9,16,21H,10H2,1H3. The Balaban J connectivity index is 2.02. The first-order valence-corrected chi connectivity index (χ1v) is 6.96. The Morgan fingerprint density at radius 3 is 2.77 bits per heavy atom. The molecule has 1 N–H and O–H groups in total. The Morgan fingerprint density at radius 1 is 1.23 bits per heavy atom. The number of rotatable bonds is 3. The zero-order valence-corrected chi connectivity index (χ0v) is 12.0. The van der Waals surface area contributed by atoms with Crippen LogP contribution in [0.5, 0.6) is 0 Å². The van der Waals surface area contributed by atoms with Gasteiger partial charge in [0.2, 0.25) is 0 Å². The summed E-state index contributed by atoms with van der Waals surface area (Å²) < 4.78 is 14.7. The van der Waals surface area contributed by atoms with Crippen LogP contribution in [-0.2, 0) is 6.54 Å². The summed E-state index contributed by atoms with van der Waals surface area (Å²) in [4.78, 5) is 16.9. The molecule has 1 unspecified atom stereocenters. The van der Waals surface area contributed by atoms with Gasteiger partial charge in [-0.1, -0.05) is 24.3 Å². The summed E-state index contributed by atoms with van der Waals surface area (Å²) in [7, 11) is 0. The molecule has 22 heavy (non-hydrogen) atoms. The predicted molar refractivity (Wildman–Crippen MR) is 82.1 cm³/mol. The van der Waals surface area contributed by atoms with Gasteiger partial charge in [0.05, 0.1) is 23.6 Å². The number of aliphatic hydroxyl groups is 1. The molecule has 0 aliphatic rings. The third-order valence-electron chi connectivity index (χ3n) is 3.64. The maximum Gasteiger partial charge on any atom is 0.261 e.